The van der Waals surface area contributed by atoms with Crippen LogP contribution < -0.4 is 10.6 Å². The molecule has 0 unspecified atom stereocenters. The van der Waals surface area contributed by atoms with Crippen LogP contribution >= 0.6 is 0 Å². The Bertz CT molecular complexity index is 2520. The van der Waals surface area contributed by atoms with Gasteiger partial charge in [-0.3, -0.25) is 14.4 Å². The second-order valence-corrected chi connectivity index (χ2v) is 17.8. The van der Waals surface area contributed by atoms with Gasteiger partial charge in [0.1, 0.15) is 23.7 Å². The second-order valence-electron chi connectivity index (χ2n) is 17.8. The Morgan fingerprint density at radius 2 is 1.56 bits per heavy atom. The molecule has 6 heterocycles. The van der Waals surface area contributed by atoms with E-state index in [4.69, 9.17) is 24.4 Å². The molecule has 0 radical (unpaired) electrons. The van der Waals surface area contributed by atoms with E-state index in [9.17, 15) is 19.2 Å². The number of alkyl carbamates (subject to hydrolysis) is 1. The number of nitrogens with one attached hydrogen (secondary N) is 4. The molecule has 2 aromatic carbocycles. The van der Waals surface area contributed by atoms with Crippen LogP contribution in [0.4, 0.5) is 4.79 Å². The van der Waals surface area contributed by atoms with E-state index in [-0.39, 0.29) is 41.6 Å². The maximum atomic E-state index is 14.0. The highest BCUT2D eigenvalue weighted by atomic mass is 16.5. The number of aromatic nitrogens is 5. The van der Waals surface area contributed by atoms with Crippen LogP contribution in [0.3, 0.4) is 0 Å². The van der Waals surface area contributed by atoms with Gasteiger partial charge in [-0.15, -0.1) is 0 Å². The van der Waals surface area contributed by atoms with Crippen LogP contribution in [-0.4, -0.2) is 104 Å². The molecule has 63 heavy (non-hydrogen) atoms. The SMILES string of the molecule is COC(=O)N[C@H](C(=O)N1CCC[C@H]1c1nc2c([nH]1)CCCc1cc(-c3ccc4cc(-c5cnc([C@@H]6CCCN6C(=O)[C@@H](NC(C)=O)C6CCOCC6)[nH]5)ccc4n3)ccc1-2)C(C)C. The van der Waals surface area contributed by atoms with Crippen LogP contribution in [0.2, 0.25) is 0 Å². The number of imidazole rings is 2. The van der Waals surface area contributed by atoms with Gasteiger partial charge in [0, 0.05) is 61.0 Å². The maximum absolute atomic E-state index is 14.0. The molecule has 3 fully saturated rings. The minimum atomic E-state index is -0.687. The molecule has 15 nitrogen and oxygen atoms in total. The summed E-state index contributed by atoms with van der Waals surface area (Å²) < 4.78 is 10.4. The second kappa shape index (κ2) is 17.9. The molecule has 1 aliphatic carbocycles. The molecule has 3 saturated heterocycles. The van der Waals surface area contributed by atoms with E-state index in [1.165, 1.54) is 19.6 Å². The van der Waals surface area contributed by atoms with Crippen molar-refractivity contribution in [3.8, 4) is 33.8 Å². The number of likely N-dealkylation sites (tertiary alicyclic amines) is 2. The summed E-state index contributed by atoms with van der Waals surface area (Å²) in [5.74, 6) is 1.11. The summed E-state index contributed by atoms with van der Waals surface area (Å²) in [7, 11) is 1.30. The zero-order valence-corrected chi connectivity index (χ0v) is 36.5. The van der Waals surface area contributed by atoms with Crippen molar-refractivity contribution in [2.45, 2.75) is 103 Å². The predicted molar refractivity (Wildman–Crippen MR) is 237 cm³/mol. The number of carbonyl (C=O) groups excluding carboxylic acids is 4. The van der Waals surface area contributed by atoms with Crippen LogP contribution in [0.5, 0.6) is 0 Å². The quantitative estimate of drug-likeness (QED) is 0.117. The molecule has 9 rings (SSSR count). The van der Waals surface area contributed by atoms with E-state index < -0.39 is 18.2 Å². The van der Waals surface area contributed by atoms with Crippen molar-refractivity contribution >= 4 is 34.7 Å². The number of hydrogen-bond acceptors (Lipinski definition) is 9. The summed E-state index contributed by atoms with van der Waals surface area (Å²) in [4.78, 5) is 78.0. The molecule has 0 spiro atoms. The smallest absolute Gasteiger partial charge is 0.407 e. The van der Waals surface area contributed by atoms with Gasteiger partial charge in [0.2, 0.25) is 17.7 Å². The number of rotatable bonds is 10. The summed E-state index contributed by atoms with van der Waals surface area (Å²) in [5, 5.41) is 6.70. The van der Waals surface area contributed by atoms with Gasteiger partial charge in [-0.05, 0) is 99.5 Å². The van der Waals surface area contributed by atoms with Gasteiger partial charge in [-0.25, -0.2) is 19.7 Å². The molecule has 4 amide bonds. The maximum Gasteiger partial charge on any atom is 0.407 e. The van der Waals surface area contributed by atoms with Crippen LogP contribution in [0.1, 0.15) is 101 Å². The first-order valence-electron chi connectivity index (χ1n) is 22.5. The van der Waals surface area contributed by atoms with Gasteiger partial charge in [0.05, 0.1) is 48.0 Å². The van der Waals surface area contributed by atoms with Gasteiger partial charge in [-0.2, -0.15) is 0 Å². The van der Waals surface area contributed by atoms with Gasteiger partial charge in [0.25, 0.3) is 0 Å². The normalized spacial score (nSPS) is 20.0. The van der Waals surface area contributed by atoms with E-state index in [0.29, 0.717) is 26.3 Å². The van der Waals surface area contributed by atoms with Gasteiger partial charge >= 0.3 is 6.09 Å². The molecule has 4 aliphatic rings. The third-order valence-corrected chi connectivity index (χ3v) is 13.4. The number of nitrogens with zero attached hydrogens (tertiary/aromatic N) is 5. The van der Waals surface area contributed by atoms with Gasteiger partial charge < -0.3 is 39.9 Å². The number of fused-ring (bicyclic) bond motifs is 4. The summed E-state index contributed by atoms with van der Waals surface area (Å²) >= 11 is 0. The highest BCUT2D eigenvalue weighted by Crippen LogP contribution is 2.39. The first kappa shape index (κ1) is 42.2. The summed E-state index contributed by atoms with van der Waals surface area (Å²) in [5.41, 5.74) is 8.99. The monoisotopic (exact) mass is 855 g/mol. The van der Waals surface area contributed by atoms with E-state index in [1.54, 1.807) is 0 Å². The highest BCUT2D eigenvalue weighted by Gasteiger charge is 2.40. The summed E-state index contributed by atoms with van der Waals surface area (Å²) in [6.07, 6.45) is 8.76. The zero-order chi connectivity index (χ0) is 43.8. The minimum Gasteiger partial charge on any atom is -0.453 e. The van der Waals surface area contributed by atoms with Crippen LogP contribution in [0.25, 0.3) is 44.7 Å². The molecule has 3 aliphatic heterocycles. The first-order valence-corrected chi connectivity index (χ1v) is 22.5. The fraction of sp³-hybridized carbons (Fsp3) is 0.479. The molecule has 3 aromatic heterocycles. The van der Waals surface area contributed by atoms with Crippen molar-refractivity contribution in [3.63, 3.8) is 0 Å². The molecule has 0 saturated carbocycles. The standard InChI is InChI=1S/C48H57N9O6/c1-27(2)41(55-48(61)62-4)46(59)57-21-7-11-40(57)45-52-37-9-5-8-30-24-31(12-15-34(30)43(37)54-45)35-16-13-32-25-33(14-17-36(32)51-35)38-26-49-44(53-38)39-10-6-20-56(39)47(60)42(50-28(3)58)29-18-22-63-23-19-29/h12-17,24-27,29,39-42H,5-11,18-23H2,1-4H3,(H,49,53)(H,50,58)(H,52,54)(H,55,61)/t39-,40-,41-,42-/m0/s1. The number of ether oxygens (including phenoxy) is 2. The summed E-state index contributed by atoms with van der Waals surface area (Å²) in [6.45, 7) is 7.73. The molecule has 330 valence electrons. The molecule has 4 N–H and O–H groups in total. The predicted octanol–water partition coefficient (Wildman–Crippen LogP) is 6.81. The number of aromatic amines is 2. The Kier molecular flexibility index (Phi) is 12.0. The van der Waals surface area contributed by atoms with Crippen LogP contribution in [0.15, 0.2) is 54.7 Å². The van der Waals surface area contributed by atoms with E-state index in [1.807, 2.05) is 35.9 Å². The van der Waals surface area contributed by atoms with E-state index >= 15 is 0 Å². The van der Waals surface area contributed by atoms with E-state index in [0.717, 1.165) is 120 Å². The Morgan fingerprint density at radius 3 is 2.30 bits per heavy atom. The zero-order valence-electron chi connectivity index (χ0n) is 36.5. The number of aryl methyl sites for hydroxylation is 2. The lowest BCUT2D eigenvalue weighted by molar-refractivity contribution is -0.139. The highest BCUT2D eigenvalue weighted by molar-refractivity contribution is 5.89. The third kappa shape index (κ3) is 8.54. The topological polar surface area (TPSA) is 188 Å². The molecule has 0 bridgehead atoms. The van der Waals surface area contributed by atoms with Gasteiger partial charge in [-0.1, -0.05) is 38.1 Å². The number of methoxy groups -OCH3 is 1. The lowest BCUT2D eigenvalue weighted by atomic mass is 9.90. The average Bonchev–Trinajstić information content (AvgIpc) is 4.13. The molecule has 5 aromatic rings. The van der Waals surface area contributed by atoms with Crippen molar-refractivity contribution in [2.75, 3.05) is 33.4 Å². The first-order chi connectivity index (χ1) is 30.6. The van der Waals surface area contributed by atoms with Crippen molar-refractivity contribution in [3.05, 3.63) is 77.6 Å². The number of amides is 4. The van der Waals surface area contributed by atoms with Crippen molar-refractivity contribution < 1.29 is 28.7 Å². The molecular formula is C48H57N9O6. The minimum absolute atomic E-state index is 0.0456. The van der Waals surface area contributed by atoms with Crippen molar-refractivity contribution in [1.29, 1.82) is 0 Å². The Hall–Kier alpha value is -6.09. The number of carbonyl (C=O) groups is 4. The van der Waals surface area contributed by atoms with Crippen LogP contribution in [0, 0.1) is 11.8 Å². The van der Waals surface area contributed by atoms with Crippen molar-refractivity contribution in [1.82, 2.24) is 45.4 Å². The Morgan fingerprint density at radius 1 is 0.810 bits per heavy atom. The summed E-state index contributed by atoms with van der Waals surface area (Å²) in [6, 6.07) is 15.3. The average molecular weight is 856 g/mol. The largest absolute Gasteiger partial charge is 0.453 e. The lowest BCUT2D eigenvalue weighted by Gasteiger charge is -2.34. The van der Waals surface area contributed by atoms with Crippen LogP contribution in [-0.2, 0) is 36.7 Å². The van der Waals surface area contributed by atoms with E-state index in [2.05, 4.69) is 63.1 Å². The number of hydrogen-bond donors (Lipinski definition) is 4. The van der Waals surface area contributed by atoms with Gasteiger partial charge in [0.15, 0.2) is 0 Å². The Labute approximate surface area is 367 Å². The molecular weight excluding hydrogens is 799 g/mol. The number of pyridine rings is 1. The Balaban J connectivity index is 0.912. The molecule has 15 heteroatoms. The number of H-pyrrole nitrogens is 2. The number of benzene rings is 2. The fourth-order valence-corrected chi connectivity index (χ4v) is 10.1. The molecule has 4 atom stereocenters. The van der Waals surface area contributed by atoms with Crippen molar-refractivity contribution in [2.24, 2.45) is 11.8 Å². The lowest BCUT2D eigenvalue weighted by Crippen LogP contribution is -2.52. The fourth-order valence-electron chi connectivity index (χ4n) is 10.1. The third-order valence-electron chi connectivity index (χ3n) is 13.4.